The third-order valence-corrected chi connectivity index (χ3v) is 3.08. The molecule has 102 valence electrons. The van der Waals surface area contributed by atoms with Crippen LogP contribution >= 0.6 is 0 Å². The van der Waals surface area contributed by atoms with E-state index in [0.29, 0.717) is 24.3 Å². The molecule has 2 aromatic heterocycles. The molecule has 0 aromatic carbocycles. The number of hydrogen-bond donors (Lipinski definition) is 3. The number of H-pyrrole nitrogens is 1. The molecule has 0 spiro atoms. The summed E-state index contributed by atoms with van der Waals surface area (Å²) in [6, 6.07) is 0. The van der Waals surface area contributed by atoms with Crippen molar-refractivity contribution in [2.45, 2.75) is 26.8 Å². The summed E-state index contributed by atoms with van der Waals surface area (Å²) in [5.41, 5.74) is 9.41. The van der Waals surface area contributed by atoms with Crippen molar-refractivity contribution in [3.8, 4) is 0 Å². The van der Waals surface area contributed by atoms with Crippen LogP contribution in [-0.4, -0.2) is 25.9 Å². The highest BCUT2D eigenvalue weighted by Gasteiger charge is 2.18. The Morgan fingerprint density at radius 3 is 2.84 bits per heavy atom. The van der Waals surface area contributed by atoms with Crippen LogP contribution in [0.2, 0.25) is 0 Å². The van der Waals surface area contributed by atoms with Crippen LogP contribution in [0, 0.1) is 6.92 Å². The normalized spacial score (nSPS) is 10.7. The van der Waals surface area contributed by atoms with Crippen molar-refractivity contribution < 1.29 is 4.79 Å². The second-order valence-electron chi connectivity index (χ2n) is 4.39. The molecule has 0 saturated heterocycles. The van der Waals surface area contributed by atoms with Gasteiger partial charge >= 0.3 is 0 Å². The largest absolute Gasteiger partial charge is 0.395 e. The van der Waals surface area contributed by atoms with Gasteiger partial charge in [-0.2, -0.15) is 10.2 Å². The van der Waals surface area contributed by atoms with Crippen LogP contribution in [-0.2, 0) is 20.0 Å². The molecule has 0 saturated carbocycles. The Morgan fingerprint density at radius 1 is 1.58 bits per heavy atom. The molecule has 0 radical (unpaired) electrons. The third kappa shape index (κ3) is 2.44. The summed E-state index contributed by atoms with van der Waals surface area (Å²) in [6.45, 7) is 4.27. The van der Waals surface area contributed by atoms with Crippen LogP contribution < -0.4 is 11.1 Å². The number of nitrogens with two attached hydrogens (primary N) is 1. The minimum absolute atomic E-state index is 0.229. The van der Waals surface area contributed by atoms with Gasteiger partial charge in [0.05, 0.1) is 17.6 Å². The van der Waals surface area contributed by atoms with E-state index in [1.807, 2.05) is 13.8 Å². The van der Waals surface area contributed by atoms with Crippen LogP contribution in [0.15, 0.2) is 6.20 Å². The molecule has 7 nitrogen and oxygen atoms in total. The SMILES string of the molecule is CCc1nn(C)c(C(=O)NCc2cn[nH]c2C)c1N. The number of carbonyl (C=O) groups is 1. The zero-order valence-electron chi connectivity index (χ0n) is 11.3. The first-order valence-corrected chi connectivity index (χ1v) is 6.13. The molecule has 0 aliphatic heterocycles. The molecule has 0 fully saturated rings. The monoisotopic (exact) mass is 262 g/mol. The number of amides is 1. The number of hydrogen-bond acceptors (Lipinski definition) is 4. The number of nitrogens with zero attached hydrogens (tertiary/aromatic N) is 3. The van der Waals surface area contributed by atoms with E-state index in [-0.39, 0.29) is 5.91 Å². The third-order valence-electron chi connectivity index (χ3n) is 3.08. The minimum atomic E-state index is -0.229. The van der Waals surface area contributed by atoms with Crippen molar-refractivity contribution >= 4 is 11.6 Å². The maximum Gasteiger partial charge on any atom is 0.271 e. The van der Waals surface area contributed by atoms with Gasteiger partial charge in [0.1, 0.15) is 5.69 Å². The number of nitrogens with one attached hydrogen (secondary N) is 2. The Bertz CT molecular complexity index is 597. The molecular formula is C12H18N6O. The topological polar surface area (TPSA) is 102 Å². The van der Waals surface area contributed by atoms with Crippen molar-refractivity contribution in [3.63, 3.8) is 0 Å². The lowest BCUT2D eigenvalue weighted by Gasteiger charge is -2.05. The fourth-order valence-corrected chi connectivity index (χ4v) is 1.94. The van der Waals surface area contributed by atoms with Gasteiger partial charge in [-0.3, -0.25) is 14.6 Å². The first kappa shape index (κ1) is 13.1. The second-order valence-corrected chi connectivity index (χ2v) is 4.39. The molecule has 2 aromatic rings. The van der Waals surface area contributed by atoms with E-state index in [1.165, 1.54) is 4.68 Å². The molecule has 0 aliphatic carbocycles. The highest BCUT2D eigenvalue weighted by atomic mass is 16.2. The summed E-state index contributed by atoms with van der Waals surface area (Å²) < 4.78 is 1.52. The van der Waals surface area contributed by atoms with Crippen molar-refractivity contribution in [1.82, 2.24) is 25.3 Å². The van der Waals surface area contributed by atoms with Gasteiger partial charge in [0, 0.05) is 24.8 Å². The molecular weight excluding hydrogens is 244 g/mol. The number of aryl methyl sites for hydroxylation is 3. The van der Waals surface area contributed by atoms with Crippen molar-refractivity contribution in [2.75, 3.05) is 5.73 Å². The van der Waals surface area contributed by atoms with Crippen molar-refractivity contribution in [2.24, 2.45) is 7.05 Å². The Labute approximate surface area is 111 Å². The Morgan fingerprint density at radius 2 is 2.32 bits per heavy atom. The maximum absolute atomic E-state index is 12.1. The van der Waals surface area contributed by atoms with Gasteiger partial charge in [-0.25, -0.2) is 0 Å². The molecule has 7 heteroatoms. The van der Waals surface area contributed by atoms with Gasteiger partial charge in [0.15, 0.2) is 0 Å². The van der Waals surface area contributed by atoms with E-state index in [9.17, 15) is 4.79 Å². The maximum atomic E-state index is 12.1. The average Bonchev–Trinajstić information content (AvgIpc) is 2.90. The molecule has 0 unspecified atom stereocenters. The van der Waals surface area contributed by atoms with Gasteiger partial charge in [0.2, 0.25) is 0 Å². The van der Waals surface area contributed by atoms with Gasteiger partial charge in [-0.05, 0) is 13.3 Å². The van der Waals surface area contributed by atoms with E-state index in [4.69, 9.17) is 5.73 Å². The number of aromatic amines is 1. The molecule has 1 amide bonds. The highest BCUT2D eigenvalue weighted by molar-refractivity contribution is 5.97. The summed E-state index contributed by atoms with van der Waals surface area (Å²) in [7, 11) is 1.72. The number of aromatic nitrogens is 4. The lowest BCUT2D eigenvalue weighted by molar-refractivity contribution is 0.0942. The van der Waals surface area contributed by atoms with Crippen molar-refractivity contribution in [3.05, 3.63) is 28.8 Å². The predicted octanol–water partition coefficient (Wildman–Crippen LogP) is 0.526. The van der Waals surface area contributed by atoms with Gasteiger partial charge < -0.3 is 11.1 Å². The van der Waals surface area contributed by atoms with Gasteiger partial charge in [0.25, 0.3) is 5.91 Å². The lowest BCUT2D eigenvalue weighted by atomic mass is 10.2. The number of carbonyl (C=O) groups excluding carboxylic acids is 1. The summed E-state index contributed by atoms with van der Waals surface area (Å²) in [5.74, 6) is -0.229. The molecule has 0 atom stereocenters. The number of nitrogen functional groups attached to an aromatic ring is 1. The smallest absolute Gasteiger partial charge is 0.271 e. The predicted molar refractivity (Wildman–Crippen MR) is 71.5 cm³/mol. The zero-order valence-corrected chi connectivity index (χ0v) is 11.3. The van der Waals surface area contributed by atoms with E-state index < -0.39 is 0 Å². The Balaban J connectivity index is 2.12. The van der Waals surface area contributed by atoms with Crippen molar-refractivity contribution in [1.29, 1.82) is 0 Å². The minimum Gasteiger partial charge on any atom is -0.395 e. The summed E-state index contributed by atoms with van der Waals surface area (Å²) in [6.07, 6.45) is 2.40. The molecule has 4 N–H and O–H groups in total. The van der Waals surface area contributed by atoms with Crippen LogP contribution in [0.3, 0.4) is 0 Å². The fourth-order valence-electron chi connectivity index (χ4n) is 1.94. The van der Waals surface area contributed by atoms with E-state index in [2.05, 4.69) is 20.6 Å². The van der Waals surface area contributed by atoms with Gasteiger partial charge in [-0.1, -0.05) is 6.92 Å². The number of anilines is 1. The molecule has 19 heavy (non-hydrogen) atoms. The fraction of sp³-hybridized carbons (Fsp3) is 0.417. The molecule has 0 aliphatic rings. The number of rotatable bonds is 4. The highest BCUT2D eigenvalue weighted by Crippen LogP contribution is 2.16. The standard InChI is InChI=1S/C12H18N6O/c1-4-9-10(13)11(18(3)17-9)12(19)14-5-8-6-15-16-7(8)2/h6H,4-5,13H2,1-3H3,(H,14,19)(H,15,16). The van der Waals surface area contributed by atoms with Gasteiger partial charge in [-0.15, -0.1) is 0 Å². The van der Waals surface area contributed by atoms with E-state index in [1.54, 1.807) is 13.2 Å². The first-order valence-electron chi connectivity index (χ1n) is 6.13. The van der Waals surface area contributed by atoms with Crippen LogP contribution in [0.25, 0.3) is 0 Å². The zero-order chi connectivity index (χ0) is 14.0. The van der Waals surface area contributed by atoms with Crippen LogP contribution in [0.1, 0.15) is 34.4 Å². The Hall–Kier alpha value is -2.31. The molecule has 2 heterocycles. The Kier molecular flexibility index (Phi) is 3.55. The van der Waals surface area contributed by atoms with E-state index >= 15 is 0 Å². The lowest BCUT2D eigenvalue weighted by Crippen LogP contribution is -2.26. The average molecular weight is 262 g/mol. The first-order chi connectivity index (χ1) is 9.04. The molecule has 2 rings (SSSR count). The van der Waals surface area contributed by atoms with E-state index in [0.717, 1.165) is 17.0 Å². The summed E-state index contributed by atoms with van der Waals surface area (Å²) >= 11 is 0. The molecule has 0 bridgehead atoms. The second kappa shape index (κ2) is 5.13. The summed E-state index contributed by atoms with van der Waals surface area (Å²) in [5, 5.41) is 13.8. The van der Waals surface area contributed by atoms with Crippen LogP contribution in [0.5, 0.6) is 0 Å². The quantitative estimate of drug-likeness (QED) is 0.747. The summed E-state index contributed by atoms with van der Waals surface area (Å²) in [4.78, 5) is 12.1. The van der Waals surface area contributed by atoms with Crippen LogP contribution in [0.4, 0.5) is 5.69 Å².